The second-order valence-electron chi connectivity index (χ2n) is 4.63. The third kappa shape index (κ3) is 4.31. The number of nitriles is 1. The molecule has 1 aromatic carbocycles. The van der Waals surface area contributed by atoms with Crippen molar-refractivity contribution >= 4 is 10.0 Å². The molecule has 0 aliphatic rings. The summed E-state index contributed by atoms with van der Waals surface area (Å²) in [5.41, 5.74) is 0.768. The zero-order valence-corrected chi connectivity index (χ0v) is 11.8. The van der Waals surface area contributed by atoms with E-state index in [0.717, 1.165) is 5.56 Å². The number of aliphatic hydroxyl groups excluding tert-OH is 1. The summed E-state index contributed by atoms with van der Waals surface area (Å²) in [6.07, 6.45) is 0.249. The van der Waals surface area contributed by atoms with E-state index < -0.39 is 16.1 Å². The summed E-state index contributed by atoms with van der Waals surface area (Å²) in [6.45, 7) is 3.42. The highest BCUT2D eigenvalue weighted by molar-refractivity contribution is 7.89. The molecule has 19 heavy (non-hydrogen) atoms. The molecule has 0 fully saturated rings. The van der Waals surface area contributed by atoms with E-state index in [2.05, 4.69) is 4.72 Å². The first-order valence-corrected chi connectivity index (χ1v) is 7.48. The van der Waals surface area contributed by atoms with Crippen LogP contribution in [0.5, 0.6) is 0 Å². The van der Waals surface area contributed by atoms with Crippen LogP contribution in [0.1, 0.15) is 19.4 Å². The summed E-state index contributed by atoms with van der Waals surface area (Å²) in [4.78, 5) is 0.133. The minimum Gasteiger partial charge on any atom is -0.395 e. The summed E-state index contributed by atoms with van der Waals surface area (Å²) >= 11 is 0. The van der Waals surface area contributed by atoms with Crippen molar-refractivity contribution < 1.29 is 13.5 Å². The minimum atomic E-state index is -3.64. The Balaban J connectivity index is 2.91. The van der Waals surface area contributed by atoms with Crippen LogP contribution in [-0.4, -0.2) is 26.2 Å². The van der Waals surface area contributed by atoms with Gasteiger partial charge in [0.2, 0.25) is 10.0 Å². The van der Waals surface area contributed by atoms with Crippen molar-refractivity contribution in [2.75, 3.05) is 6.61 Å². The Morgan fingerprint density at radius 3 is 2.32 bits per heavy atom. The van der Waals surface area contributed by atoms with Gasteiger partial charge in [0.1, 0.15) is 0 Å². The Kier molecular flexibility index (Phi) is 5.48. The van der Waals surface area contributed by atoms with Gasteiger partial charge in [-0.15, -0.1) is 0 Å². The number of aliphatic hydroxyl groups is 1. The van der Waals surface area contributed by atoms with Crippen LogP contribution >= 0.6 is 0 Å². The van der Waals surface area contributed by atoms with Gasteiger partial charge in [-0.3, -0.25) is 0 Å². The topological polar surface area (TPSA) is 90.2 Å². The van der Waals surface area contributed by atoms with E-state index in [4.69, 9.17) is 10.4 Å². The van der Waals surface area contributed by atoms with Crippen molar-refractivity contribution in [3.8, 4) is 6.07 Å². The monoisotopic (exact) mass is 282 g/mol. The van der Waals surface area contributed by atoms with Gasteiger partial charge in [0.15, 0.2) is 0 Å². The molecule has 0 aliphatic carbocycles. The van der Waals surface area contributed by atoms with Gasteiger partial charge < -0.3 is 5.11 Å². The number of rotatable bonds is 6. The molecule has 6 heteroatoms. The first-order chi connectivity index (χ1) is 8.90. The number of benzene rings is 1. The summed E-state index contributed by atoms with van der Waals surface area (Å²) < 4.78 is 26.6. The lowest BCUT2D eigenvalue weighted by Gasteiger charge is -2.19. The largest absolute Gasteiger partial charge is 0.395 e. The van der Waals surface area contributed by atoms with Gasteiger partial charge in [-0.25, -0.2) is 13.1 Å². The maximum absolute atomic E-state index is 12.1. The van der Waals surface area contributed by atoms with E-state index >= 15 is 0 Å². The Bertz CT molecular complexity index is 544. The molecule has 104 valence electrons. The molecular weight excluding hydrogens is 264 g/mol. The molecule has 0 bridgehead atoms. The fourth-order valence-corrected chi connectivity index (χ4v) is 2.90. The molecule has 0 heterocycles. The molecule has 0 saturated heterocycles. The van der Waals surface area contributed by atoms with E-state index in [0.29, 0.717) is 0 Å². The highest BCUT2D eigenvalue weighted by atomic mass is 32.2. The minimum absolute atomic E-state index is 0.00219. The van der Waals surface area contributed by atoms with Gasteiger partial charge in [0.25, 0.3) is 0 Å². The molecule has 0 amide bonds. The third-order valence-electron chi connectivity index (χ3n) is 2.82. The average Bonchev–Trinajstić information content (AvgIpc) is 2.37. The fraction of sp³-hybridized carbons (Fsp3) is 0.462. The van der Waals surface area contributed by atoms with Gasteiger partial charge in [-0.1, -0.05) is 26.0 Å². The van der Waals surface area contributed by atoms with Crippen LogP contribution < -0.4 is 4.72 Å². The number of sulfonamides is 1. The first-order valence-electron chi connectivity index (χ1n) is 5.99. The van der Waals surface area contributed by atoms with E-state index in [1.165, 1.54) is 12.1 Å². The van der Waals surface area contributed by atoms with E-state index in [1.54, 1.807) is 12.1 Å². The third-order valence-corrected chi connectivity index (χ3v) is 4.33. The highest BCUT2D eigenvalue weighted by Gasteiger charge is 2.21. The second kappa shape index (κ2) is 6.66. The molecule has 1 rings (SSSR count). The number of nitrogens with zero attached hydrogens (tertiary/aromatic N) is 1. The number of hydrogen-bond acceptors (Lipinski definition) is 4. The zero-order valence-electron chi connectivity index (χ0n) is 11.0. The average molecular weight is 282 g/mol. The van der Waals surface area contributed by atoms with Crippen molar-refractivity contribution in [1.82, 2.24) is 4.72 Å². The predicted octanol–water partition coefficient (Wildman–Crippen LogP) is 1.05. The fourth-order valence-electron chi connectivity index (χ4n) is 1.53. The van der Waals surface area contributed by atoms with E-state index in [1.807, 2.05) is 19.9 Å². The van der Waals surface area contributed by atoms with Crippen molar-refractivity contribution in [3.05, 3.63) is 29.8 Å². The zero-order chi connectivity index (χ0) is 14.5. The lowest BCUT2D eigenvalue weighted by Crippen LogP contribution is -2.41. The lowest BCUT2D eigenvalue weighted by atomic mass is 10.1. The number of hydrogen-bond donors (Lipinski definition) is 2. The van der Waals surface area contributed by atoms with Crippen molar-refractivity contribution in [3.63, 3.8) is 0 Å². The standard InChI is InChI=1S/C13H18N2O3S/c1-10(2)13(9-16)15-19(17,18)12-5-3-11(4-6-12)7-8-14/h3-6,10,13,15-16H,7,9H2,1-2H3. The smallest absolute Gasteiger partial charge is 0.240 e. The van der Waals surface area contributed by atoms with Gasteiger partial charge >= 0.3 is 0 Å². The van der Waals surface area contributed by atoms with Crippen LogP contribution in [0, 0.1) is 17.2 Å². The van der Waals surface area contributed by atoms with Crippen LogP contribution in [0.4, 0.5) is 0 Å². The van der Waals surface area contributed by atoms with Crippen molar-refractivity contribution in [2.45, 2.75) is 31.2 Å². The van der Waals surface area contributed by atoms with Crippen LogP contribution in [0.2, 0.25) is 0 Å². The molecule has 1 atom stereocenters. The maximum Gasteiger partial charge on any atom is 0.240 e. The quantitative estimate of drug-likeness (QED) is 0.816. The Morgan fingerprint density at radius 2 is 1.89 bits per heavy atom. The molecule has 0 saturated carbocycles. The van der Waals surface area contributed by atoms with Gasteiger partial charge in [0.05, 0.1) is 24.0 Å². The van der Waals surface area contributed by atoms with Gasteiger partial charge in [-0.05, 0) is 23.6 Å². The molecule has 1 unspecified atom stereocenters. The Hall–Kier alpha value is -1.42. The van der Waals surface area contributed by atoms with E-state index in [-0.39, 0.29) is 23.8 Å². The maximum atomic E-state index is 12.1. The SMILES string of the molecule is CC(C)C(CO)NS(=O)(=O)c1ccc(CC#N)cc1. The highest BCUT2D eigenvalue weighted by Crippen LogP contribution is 2.13. The van der Waals surface area contributed by atoms with Crippen molar-refractivity contribution in [1.29, 1.82) is 5.26 Å². The Morgan fingerprint density at radius 1 is 1.32 bits per heavy atom. The van der Waals surface area contributed by atoms with Gasteiger partial charge in [-0.2, -0.15) is 5.26 Å². The molecule has 1 aromatic rings. The molecule has 0 spiro atoms. The van der Waals surface area contributed by atoms with Crippen molar-refractivity contribution in [2.24, 2.45) is 5.92 Å². The molecule has 0 aromatic heterocycles. The molecule has 5 nitrogen and oxygen atoms in total. The summed E-state index contributed by atoms with van der Waals surface area (Å²) in [5, 5.41) is 17.7. The summed E-state index contributed by atoms with van der Waals surface area (Å²) in [5.74, 6) is -0.00219. The van der Waals surface area contributed by atoms with Gasteiger partial charge in [0, 0.05) is 6.04 Å². The van der Waals surface area contributed by atoms with Crippen LogP contribution in [-0.2, 0) is 16.4 Å². The van der Waals surface area contributed by atoms with E-state index in [9.17, 15) is 8.42 Å². The Labute approximate surface area is 113 Å². The van der Waals surface area contributed by atoms with Crippen LogP contribution in [0.3, 0.4) is 0 Å². The van der Waals surface area contributed by atoms with Crippen LogP contribution in [0.15, 0.2) is 29.2 Å². The summed E-state index contributed by atoms with van der Waals surface area (Å²) in [7, 11) is -3.64. The second-order valence-corrected chi connectivity index (χ2v) is 6.35. The predicted molar refractivity (Wildman–Crippen MR) is 71.8 cm³/mol. The number of nitrogens with one attached hydrogen (secondary N) is 1. The van der Waals surface area contributed by atoms with Crippen LogP contribution in [0.25, 0.3) is 0 Å². The summed E-state index contributed by atoms with van der Waals surface area (Å²) in [6, 6.07) is 7.64. The molecular formula is C13H18N2O3S. The lowest BCUT2D eigenvalue weighted by molar-refractivity contribution is 0.227. The molecule has 0 radical (unpaired) electrons. The first kappa shape index (κ1) is 15.6. The molecule has 0 aliphatic heterocycles. The molecule has 2 N–H and O–H groups in total. The normalized spacial score (nSPS) is 13.2.